The van der Waals surface area contributed by atoms with Crippen LogP contribution in [0.5, 0.6) is 0 Å². The van der Waals surface area contributed by atoms with Crippen molar-refractivity contribution in [2.75, 3.05) is 19.7 Å². The molecule has 1 heterocycles. The van der Waals surface area contributed by atoms with Gasteiger partial charge in [-0.05, 0) is 26.2 Å². The Morgan fingerprint density at radius 1 is 1.60 bits per heavy atom. The van der Waals surface area contributed by atoms with Gasteiger partial charge in [0.2, 0.25) is 5.91 Å². The number of hydrogen-bond donors (Lipinski definition) is 0. The summed E-state index contributed by atoms with van der Waals surface area (Å²) in [7, 11) is 0. The number of carbonyl (C=O) groups is 1. The summed E-state index contributed by atoms with van der Waals surface area (Å²) in [5.74, 6) is 0.650. The maximum Gasteiger partial charge on any atom is 0.248 e. The molecular weight excluding hydrogens is 258 g/mol. The monoisotopic (exact) mass is 277 g/mol. The van der Waals surface area contributed by atoms with Crippen molar-refractivity contribution in [1.82, 2.24) is 4.90 Å². The Labute approximate surface area is 100 Å². The molecule has 1 fully saturated rings. The minimum absolute atomic E-state index is 0.120. The van der Waals surface area contributed by atoms with Gasteiger partial charge in [-0.1, -0.05) is 22.9 Å². The molecule has 0 saturated carbocycles. The van der Waals surface area contributed by atoms with E-state index in [-0.39, 0.29) is 18.6 Å². The van der Waals surface area contributed by atoms with E-state index < -0.39 is 0 Å². The highest BCUT2D eigenvalue weighted by Gasteiger charge is 2.26. The van der Waals surface area contributed by atoms with Crippen LogP contribution >= 0.6 is 15.9 Å². The van der Waals surface area contributed by atoms with Crippen LogP contribution in [-0.4, -0.2) is 41.4 Å². The fourth-order valence-electron chi connectivity index (χ4n) is 1.67. The average Bonchev–Trinajstić information content (AvgIpc) is 2.18. The van der Waals surface area contributed by atoms with Gasteiger partial charge in [0, 0.05) is 17.9 Å². The van der Waals surface area contributed by atoms with E-state index in [4.69, 9.17) is 4.74 Å². The molecule has 0 radical (unpaired) electrons. The first-order chi connectivity index (χ1) is 7.00. The zero-order valence-electron chi connectivity index (χ0n) is 9.70. The Morgan fingerprint density at radius 2 is 2.27 bits per heavy atom. The number of carbonyl (C=O) groups excluding carboxylic acids is 1. The van der Waals surface area contributed by atoms with E-state index in [9.17, 15) is 4.79 Å². The summed E-state index contributed by atoms with van der Waals surface area (Å²) in [6, 6.07) is 0. The normalized spacial score (nSPS) is 27.1. The second kappa shape index (κ2) is 5.85. The summed E-state index contributed by atoms with van der Waals surface area (Å²) in [4.78, 5) is 14.2. The van der Waals surface area contributed by atoms with E-state index in [1.165, 1.54) is 0 Å². The van der Waals surface area contributed by atoms with E-state index in [2.05, 4.69) is 22.9 Å². The molecule has 1 rings (SSSR count). The van der Waals surface area contributed by atoms with Gasteiger partial charge in [-0.2, -0.15) is 0 Å². The summed E-state index contributed by atoms with van der Waals surface area (Å²) >= 11 is 3.62. The van der Waals surface area contributed by atoms with E-state index >= 15 is 0 Å². The zero-order valence-corrected chi connectivity index (χ0v) is 11.3. The molecule has 1 amide bonds. The van der Waals surface area contributed by atoms with E-state index in [0.717, 1.165) is 19.5 Å². The van der Waals surface area contributed by atoms with Gasteiger partial charge >= 0.3 is 0 Å². The molecule has 0 spiro atoms. The van der Waals surface area contributed by atoms with Crippen LogP contribution < -0.4 is 0 Å². The molecule has 0 bridgehead atoms. The SMILES string of the molecule is CC(C)OCC(=O)N1CCC(Br)C(C)C1. The van der Waals surface area contributed by atoms with Crippen molar-refractivity contribution < 1.29 is 9.53 Å². The Hall–Kier alpha value is -0.0900. The molecule has 88 valence electrons. The fraction of sp³-hybridized carbons (Fsp3) is 0.909. The lowest BCUT2D eigenvalue weighted by Crippen LogP contribution is -2.44. The minimum Gasteiger partial charge on any atom is -0.369 e. The third-order valence-corrected chi connectivity index (χ3v) is 4.05. The quantitative estimate of drug-likeness (QED) is 0.739. The third kappa shape index (κ3) is 4.11. The van der Waals surface area contributed by atoms with Crippen LogP contribution in [0, 0.1) is 5.92 Å². The van der Waals surface area contributed by atoms with Crippen LogP contribution in [-0.2, 0) is 9.53 Å². The maximum atomic E-state index is 11.7. The zero-order chi connectivity index (χ0) is 11.4. The number of alkyl halides is 1. The molecule has 1 aliphatic heterocycles. The van der Waals surface area contributed by atoms with Gasteiger partial charge in [-0.25, -0.2) is 0 Å². The minimum atomic E-state index is 0.120. The summed E-state index contributed by atoms with van der Waals surface area (Å²) in [5.41, 5.74) is 0. The maximum absolute atomic E-state index is 11.7. The van der Waals surface area contributed by atoms with Gasteiger partial charge in [-0.15, -0.1) is 0 Å². The summed E-state index contributed by atoms with van der Waals surface area (Å²) in [6.07, 6.45) is 1.16. The van der Waals surface area contributed by atoms with E-state index in [1.807, 2.05) is 18.7 Å². The predicted molar refractivity (Wildman–Crippen MR) is 64.2 cm³/mol. The first-order valence-corrected chi connectivity index (χ1v) is 6.45. The first kappa shape index (κ1) is 13.0. The van der Waals surface area contributed by atoms with Gasteiger partial charge in [0.15, 0.2) is 0 Å². The lowest BCUT2D eigenvalue weighted by molar-refractivity contribution is -0.139. The number of halogens is 1. The standard InChI is InChI=1S/C11H20BrNO2/c1-8(2)15-7-11(14)13-5-4-10(12)9(3)6-13/h8-10H,4-7H2,1-3H3. The van der Waals surface area contributed by atoms with Crippen LogP contribution in [0.3, 0.4) is 0 Å². The largest absolute Gasteiger partial charge is 0.369 e. The Balaban J connectivity index is 2.34. The van der Waals surface area contributed by atoms with Crippen LogP contribution in [0.2, 0.25) is 0 Å². The summed E-state index contributed by atoms with van der Waals surface area (Å²) in [6.45, 7) is 7.97. The highest BCUT2D eigenvalue weighted by molar-refractivity contribution is 9.09. The molecule has 15 heavy (non-hydrogen) atoms. The lowest BCUT2D eigenvalue weighted by Gasteiger charge is -2.34. The molecule has 2 unspecified atom stereocenters. The number of rotatable bonds is 3. The summed E-state index contributed by atoms with van der Waals surface area (Å²) < 4.78 is 5.32. The highest BCUT2D eigenvalue weighted by Crippen LogP contribution is 2.23. The topological polar surface area (TPSA) is 29.5 Å². The molecular formula is C11H20BrNO2. The fourth-order valence-corrected chi connectivity index (χ4v) is 2.04. The molecule has 3 nitrogen and oxygen atoms in total. The van der Waals surface area contributed by atoms with Crippen molar-refractivity contribution in [3.05, 3.63) is 0 Å². The number of likely N-dealkylation sites (tertiary alicyclic amines) is 1. The van der Waals surface area contributed by atoms with Crippen molar-refractivity contribution >= 4 is 21.8 Å². The second-order valence-electron chi connectivity index (χ2n) is 4.48. The van der Waals surface area contributed by atoms with Crippen molar-refractivity contribution in [3.63, 3.8) is 0 Å². The van der Waals surface area contributed by atoms with Crippen molar-refractivity contribution in [3.8, 4) is 0 Å². The first-order valence-electron chi connectivity index (χ1n) is 5.54. The Morgan fingerprint density at radius 3 is 2.80 bits per heavy atom. The van der Waals surface area contributed by atoms with Gasteiger partial charge in [0.25, 0.3) is 0 Å². The van der Waals surface area contributed by atoms with Crippen LogP contribution in [0.25, 0.3) is 0 Å². The van der Waals surface area contributed by atoms with Crippen molar-refractivity contribution in [2.24, 2.45) is 5.92 Å². The van der Waals surface area contributed by atoms with Gasteiger partial charge in [0.1, 0.15) is 6.61 Å². The average molecular weight is 278 g/mol. The van der Waals surface area contributed by atoms with Crippen LogP contribution in [0.4, 0.5) is 0 Å². The molecule has 2 atom stereocenters. The molecule has 0 N–H and O–H groups in total. The van der Waals surface area contributed by atoms with E-state index in [1.54, 1.807) is 0 Å². The van der Waals surface area contributed by atoms with Crippen LogP contribution in [0.1, 0.15) is 27.2 Å². The Bertz CT molecular complexity index is 221. The predicted octanol–water partition coefficient (Wildman–Crippen LogP) is 2.04. The number of nitrogens with zero attached hydrogens (tertiary/aromatic N) is 1. The highest BCUT2D eigenvalue weighted by atomic mass is 79.9. The van der Waals surface area contributed by atoms with E-state index in [0.29, 0.717) is 10.7 Å². The van der Waals surface area contributed by atoms with Gasteiger partial charge in [-0.3, -0.25) is 4.79 Å². The number of ether oxygens (including phenoxy) is 1. The molecule has 4 heteroatoms. The molecule has 1 saturated heterocycles. The van der Waals surface area contributed by atoms with Crippen LogP contribution in [0.15, 0.2) is 0 Å². The third-order valence-electron chi connectivity index (χ3n) is 2.69. The number of amides is 1. The molecule has 0 aromatic carbocycles. The smallest absolute Gasteiger partial charge is 0.248 e. The van der Waals surface area contributed by atoms with Crippen molar-refractivity contribution in [2.45, 2.75) is 38.1 Å². The van der Waals surface area contributed by atoms with Gasteiger partial charge in [0.05, 0.1) is 6.10 Å². The molecule has 0 aromatic rings. The number of piperidine rings is 1. The Kier molecular flexibility index (Phi) is 5.06. The lowest BCUT2D eigenvalue weighted by atomic mass is 10.0. The van der Waals surface area contributed by atoms with Gasteiger partial charge < -0.3 is 9.64 Å². The van der Waals surface area contributed by atoms with Crippen molar-refractivity contribution in [1.29, 1.82) is 0 Å². The molecule has 1 aliphatic rings. The summed E-state index contributed by atoms with van der Waals surface area (Å²) in [5, 5.41) is 0. The second-order valence-corrected chi connectivity index (χ2v) is 5.66. The number of hydrogen-bond acceptors (Lipinski definition) is 2. The molecule has 0 aliphatic carbocycles. The molecule has 0 aromatic heterocycles.